The van der Waals surface area contributed by atoms with Crippen molar-refractivity contribution in [3.63, 3.8) is 0 Å². The van der Waals surface area contributed by atoms with Crippen LogP contribution in [0.15, 0.2) is 0 Å². The van der Waals surface area contributed by atoms with E-state index in [-0.39, 0.29) is 18.2 Å². The lowest BCUT2D eigenvalue weighted by atomic mass is 9.69. The topological polar surface area (TPSA) is 93.5 Å². The van der Waals surface area contributed by atoms with E-state index in [1.807, 2.05) is 0 Å². The van der Waals surface area contributed by atoms with E-state index >= 15 is 0 Å². The first-order valence-corrected chi connectivity index (χ1v) is 7.86. The maximum Gasteiger partial charge on any atom is 0.277 e. The van der Waals surface area contributed by atoms with E-state index in [0.29, 0.717) is 12.5 Å². The summed E-state index contributed by atoms with van der Waals surface area (Å²) in [5, 5.41) is 0. The predicted molar refractivity (Wildman–Crippen MR) is 69.2 cm³/mol. The van der Waals surface area contributed by atoms with Crippen LogP contribution in [0.5, 0.6) is 0 Å². The van der Waals surface area contributed by atoms with Crippen molar-refractivity contribution in [1.82, 2.24) is 9.44 Å². The van der Waals surface area contributed by atoms with Gasteiger partial charge in [-0.25, -0.2) is 0 Å². The van der Waals surface area contributed by atoms with Gasteiger partial charge < -0.3 is 10.5 Å². The fraction of sp³-hybridized carbons (Fsp3) is 1.00. The molecule has 18 heavy (non-hydrogen) atoms. The Kier molecular flexibility index (Phi) is 3.72. The van der Waals surface area contributed by atoms with Crippen molar-refractivity contribution in [3.05, 3.63) is 0 Å². The molecular weight excluding hydrogens is 254 g/mol. The predicted octanol–water partition coefficient (Wildman–Crippen LogP) is -0.286. The standard InChI is InChI=1S/C11H23N3O3S/c1-11(2,3)14-18(15,16)13-9-8(12)7-5-4-6-17-10(7)9/h7-10,13-14H,4-6,12H2,1-3H3. The molecular formula is C11H23N3O3S. The summed E-state index contributed by atoms with van der Waals surface area (Å²) in [6.07, 6.45) is 1.97. The molecule has 106 valence electrons. The number of hydrogen-bond donors (Lipinski definition) is 3. The zero-order valence-electron chi connectivity index (χ0n) is 11.1. The van der Waals surface area contributed by atoms with E-state index in [1.54, 1.807) is 20.8 Å². The van der Waals surface area contributed by atoms with Crippen LogP contribution in [0.25, 0.3) is 0 Å². The minimum Gasteiger partial charge on any atom is -0.376 e. The Morgan fingerprint density at radius 3 is 2.61 bits per heavy atom. The molecule has 0 aromatic rings. The molecule has 0 aromatic heterocycles. The van der Waals surface area contributed by atoms with Crippen LogP contribution < -0.4 is 15.2 Å². The first kappa shape index (κ1) is 14.2. The summed E-state index contributed by atoms with van der Waals surface area (Å²) in [7, 11) is -3.54. The van der Waals surface area contributed by atoms with Crippen molar-refractivity contribution in [2.75, 3.05) is 6.61 Å². The molecule has 0 radical (unpaired) electrons. The average molecular weight is 277 g/mol. The van der Waals surface area contributed by atoms with Gasteiger partial charge in [-0.05, 0) is 33.6 Å². The molecule has 2 fully saturated rings. The second-order valence-corrected chi connectivity index (χ2v) is 7.66. The van der Waals surface area contributed by atoms with Gasteiger partial charge >= 0.3 is 0 Å². The molecule has 1 saturated heterocycles. The summed E-state index contributed by atoms with van der Waals surface area (Å²) in [5.74, 6) is 0.293. The number of fused-ring (bicyclic) bond motifs is 1. The number of nitrogens with one attached hydrogen (secondary N) is 2. The summed E-state index contributed by atoms with van der Waals surface area (Å²) in [5.41, 5.74) is 5.51. The summed E-state index contributed by atoms with van der Waals surface area (Å²) < 4.78 is 34.6. The lowest BCUT2D eigenvalue weighted by Gasteiger charge is -2.52. The third kappa shape index (κ3) is 3.03. The van der Waals surface area contributed by atoms with E-state index < -0.39 is 15.7 Å². The maximum absolute atomic E-state index is 11.9. The fourth-order valence-electron chi connectivity index (χ4n) is 2.70. The molecule has 0 spiro atoms. The van der Waals surface area contributed by atoms with Gasteiger partial charge in [0.25, 0.3) is 10.2 Å². The third-order valence-electron chi connectivity index (χ3n) is 3.41. The fourth-order valence-corrected chi connectivity index (χ4v) is 4.22. The highest BCUT2D eigenvalue weighted by molar-refractivity contribution is 7.87. The number of ether oxygens (including phenoxy) is 1. The highest BCUT2D eigenvalue weighted by Crippen LogP contribution is 2.37. The van der Waals surface area contributed by atoms with Crippen LogP contribution in [0.4, 0.5) is 0 Å². The summed E-state index contributed by atoms with van der Waals surface area (Å²) >= 11 is 0. The van der Waals surface area contributed by atoms with Crippen LogP contribution in [-0.2, 0) is 14.9 Å². The molecule has 4 atom stereocenters. The van der Waals surface area contributed by atoms with Gasteiger partial charge in [-0.1, -0.05) is 0 Å². The SMILES string of the molecule is CC(C)(C)NS(=O)(=O)NC1C(N)C2CCCOC21. The molecule has 0 amide bonds. The molecule has 1 heterocycles. The number of rotatable bonds is 3. The Morgan fingerprint density at radius 2 is 2.00 bits per heavy atom. The van der Waals surface area contributed by atoms with Crippen LogP contribution in [0, 0.1) is 5.92 Å². The van der Waals surface area contributed by atoms with Gasteiger partial charge in [0, 0.05) is 24.1 Å². The molecule has 0 aromatic carbocycles. The van der Waals surface area contributed by atoms with Gasteiger partial charge in [0.1, 0.15) is 0 Å². The van der Waals surface area contributed by atoms with Gasteiger partial charge in [0.05, 0.1) is 12.1 Å². The van der Waals surface area contributed by atoms with E-state index in [2.05, 4.69) is 9.44 Å². The second-order valence-electron chi connectivity index (χ2n) is 6.22. The average Bonchev–Trinajstić information content (AvgIpc) is 2.22. The third-order valence-corrected chi connectivity index (χ3v) is 4.87. The van der Waals surface area contributed by atoms with E-state index in [4.69, 9.17) is 10.5 Å². The minimum absolute atomic E-state index is 0.0645. The summed E-state index contributed by atoms with van der Waals surface area (Å²) in [6, 6.07) is -0.456. The quantitative estimate of drug-likeness (QED) is 0.661. The normalized spacial score (nSPS) is 36.9. The Labute approximate surface area is 109 Å². The first-order valence-electron chi connectivity index (χ1n) is 6.38. The van der Waals surface area contributed by atoms with Crippen LogP contribution in [0.3, 0.4) is 0 Å². The van der Waals surface area contributed by atoms with Crippen molar-refractivity contribution in [3.8, 4) is 0 Å². The van der Waals surface area contributed by atoms with Gasteiger partial charge in [-0.15, -0.1) is 0 Å². The lowest BCUT2D eigenvalue weighted by Crippen LogP contribution is -2.73. The molecule has 1 aliphatic carbocycles. The minimum atomic E-state index is -3.54. The first-order chi connectivity index (χ1) is 8.20. The number of nitrogens with two attached hydrogens (primary N) is 1. The van der Waals surface area contributed by atoms with E-state index in [1.165, 1.54) is 0 Å². The Morgan fingerprint density at radius 1 is 1.33 bits per heavy atom. The van der Waals surface area contributed by atoms with Crippen LogP contribution in [0.2, 0.25) is 0 Å². The molecule has 4 N–H and O–H groups in total. The van der Waals surface area contributed by atoms with E-state index in [0.717, 1.165) is 12.8 Å². The molecule has 6 nitrogen and oxygen atoms in total. The lowest BCUT2D eigenvalue weighted by molar-refractivity contribution is -0.114. The molecule has 4 unspecified atom stereocenters. The summed E-state index contributed by atoms with van der Waals surface area (Å²) in [6.45, 7) is 6.09. The van der Waals surface area contributed by atoms with Crippen molar-refractivity contribution in [2.24, 2.45) is 11.7 Å². The highest BCUT2D eigenvalue weighted by Gasteiger charge is 2.51. The van der Waals surface area contributed by atoms with Gasteiger partial charge in [0.2, 0.25) is 0 Å². The molecule has 7 heteroatoms. The monoisotopic (exact) mass is 277 g/mol. The maximum atomic E-state index is 11.9. The largest absolute Gasteiger partial charge is 0.376 e. The summed E-state index contributed by atoms with van der Waals surface area (Å²) in [4.78, 5) is 0. The highest BCUT2D eigenvalue weighted by atomic mass is 32.2. The van der Waals surface area contributed by atoms with Gasteiger partial charge in [-0.2, -0.15) is 17.9 Å². The van der Waals surface area contributed by atoms with Crippen molar-refractivity contribution < 1.29 is 13.2 Å². The molecule has 2 aliphatic rings. The second kappa shape index (κ2) is 4.72. The molecule has 0 bridgehead atoms. The Hall–Kier alpha value is -0.210. The Bertz CT molecular complexity index is 404. The molecule has 2 rings (SSSR count). The van der Waals surface area contributed by atoms with E-state index in [9.17, 15) is 8.42 Å². The zero-order chi connectivity index (χ0) is 13.6. The van der Waals surface area contributed by atoms with Crippen molar-refractivity contribution >= 4 is 10.2 Å². The van der Waals surface area contributed by atoms with Crippen LogP contribution in [0.1, 0.15) is 33.6 Å². The van der Waals surface area contributed by atoms with Crippen LogP contribution in [-0.4, -0.2) is 38.8 Å². The molecule has 1 saturated carbocycles. The van der Waals surface area contributed by atoms with Gasteiger partial charge in [-0.3, -0.25) is 0 Å². The van der Waals surface area contributed by atoms with Crippen molar-refractivity contribution in [1.29, 1.82) is 0 Å². The van der Waals surface area contributed by atoms with Crippen LogP contribution >= 0.6 is 0 Å². The molecule has 1 aliphatic heterocycles. The smallest absolute Gasteiger partial charge is 0.277 e. The van der Waals surface area contributed by atoms with Crippen molar-refractivity contribution in [2.45, 2.75) is 57.3 Å². The number of hydrogen-bond acceptors (Lipinski definition) is 4. The zero-order valence-corrected chi connectivity index (χ0v) is 12.0. The Balaban J connectivity index is 1.97. The van der Waals surface area contributed by atoms with Gasteiger partial charge in [0.15, 0.2) is 0 Å².